The van der Waals surface area contributed by atoms with Gasteiger partial charge in [-0.2, -0.15) is 0 Å². The van der Waals surface area contributed by atoms with E-state index in [9.17, 15) is 14.4 Å². The Morgan fingerprint density at radius 3 is 2.63 bits per heavy atom. The van der Waals surface area contributed by atoms with E-state index >= 15 is 0 Å². The number of para-hydroxylation sites is 2. The van der Waals surface area contributed by atoms with Crippen molar-refractivity contribution in [2.75, 3.05) is 12.4 Å². The summed E-state index contributed by atoms with van der Waals surface area (Å²) in [5, 5.41) is 5.71. The molecule has 5 rings (SSSR count). The second kappa shape index (κ2) is 12.4. The highest BCUT2D eigenvalue weighted by atomic mass is 32.2. The van der Waals surface area contributed by atoms with Gasteiger partial charge in [-0.25, -0.2) is 9.89 Å². The zero-order chi connectivity index (χ0) is 28.9. The summed E-state index contributed by atoms with van der Waals surface area (Å²) in [6, 6.07) is 21.5. The van der Waals surface area contributed by atoms with E-state index in [1.165, 1.54) is 16.7 Å². The van der Waals surface area contributed by atoms with E-state index in [0.717, 1.165) is 11.1 Å². The van der Waals surface area contributed by atoms with Crippen LogP contribution in [0.5, 0.6) is 5.75 Å². The number of methoxy groups -OCH3 is 1. The van der Waals surface area contributed by atoms with Gasteiger partial charge in [-0.3, -0.25) is 19.4 Å². The Morgan fingerprint density at radius 2 is 1.85 bits per heavy atom. The lowest BCUT2D eigenvalue weighted by Gasteiger charge is -2.27. The third-order valence-electron chi connectivity index (χ3n) is 6.79. The molecule has 2 heterocycles. The second-order valence-corrected chi connectivity index (χ2v) is 10.9. The van der Waals surface area contributed by atoms with Crippen molar-refractivity contribution in [1.82, 2.24) is 10.2 Å². The molecule has 9 nitrogen and oxygen atoms in total. The SMILES string of the molecule is CCC(SC1=Nc2ccccc2C2=NC(CC(=O)NCc3ccccc3OC)C(=O)N12)C(=O)Nc1cccc(C)c1. The number of anilines is 1. The molecule has 0 saturated carbocycles. The first-order valence-corrected chi connectivity index (χ1v) is 14.3. The third kappa shape index (κ3) is 6.17. The number of amidine groups is 2. The Balaban J connectivity index is 1.33. The third-order valence-corrected chi connectivity index (χ3v) is 8.11. The van der Waals surface area contributed by atoms with E-state index < -0.39 is 11.3 Å². The standard InChI is InChI=1S/C31H31N5O4S/c1-4-26(29(38)33-21-12-9-10-19(2)16-21)41-31-35-23-14-7-6-13-22(23)28-34-24(30(39)36(28)31)17-27(37)32-18-20-11-5-8-15-25(20)40-3/h5-16,24,26H,4,17-18H2,1-3H3,(H,32,37)(H,33,38). The summed E-state index contributed by atoms with van der Waals surface area (Å²) in [5.74, 6) is 0.291. The largest absolute Gasteiger partial charge is 0.496 e. The Bertz CT molecular complexity index is 1550. The lowest BCUT2D eigenvalue weighted by molar-refractivity contribution is -0.128. The number of aryl methyl sites for hydroxylation is 1. The molecule has 2 aliphatic rings. The minimum atomic E-state index is -0.902. The quantitative estimate of drug-likeness (QED) is 0.384. The van der Waals surface area contributed by atoms with Gasteiger partial charge in [0, 0.05) is 23.4 Å². The fourth-order valence-electron chi connectivity index (χ4n) is 4.70. The van der Waals surface area contributed by atoms with Crippen LogP contribution in [0.3, 0.4) is 0 Å². The van der Waals surface area contributed by atoms with Gasteiger partial charge in [-0.1, -0.05) is 61.2 Å². The normalized spacial score (nSPS) is 16.2. The maximum Gasteiger partial charge on any atom is 0.259 e. The number of carbonyl (C=O) groups excluding carboxylic acids is 3. The number of rotatable bonds is 9. The number of aliphatic imine (C=N–C) groups is 2. The topological polar surface area (TPSA) is 112 Å². The molecule has 2 aliphatic heterocycles. The first-order chi connectivity index (χ1) is 19.9. The molecule has 0 aromatic heterocycles. The van der Waals surface area contributed by atoms with Crippen molar-refractivity contribution >= 4 is 51.9 Å². The van der Waals surface area contributed by atoms with Gasteiger partial charge in [-0.15, -0.1) is 0 Å². The molecule has 0 spiro atoms. The van der Waals surface area contributed by atoms with Gasteiger partial charge in [-0.05, 0) is 49.2 Å². The Labute approximate surface area is 243 Å². The predicted octanol–water partition coefficient (Wildman–Crippen LogP) is 4.82. The first-order valence-electron chi connectivity index (χ1n) is 13.4. The summed E-state index contributed by atoms with van der Waals surface area (Å²) in [6.07, 6.45) is 0.408. The summed E-state index contributed by atoms with van der Waals surface area (Å²) in [5.41, 5.74) is 3.95. The van der Waals surface area contributed by atoms with Gasteiger partial charge in [0.2, 0.25) is 11.8 Å². The van der Waals surface area contributed by atoms with Gasteiger partial charge in [0.05, 0.1) is 24.5 Å². The van der Waals surface area contributed by atoms with Crippen LogP contribution in [0, 0.1) is 6.92 Å². The van der Waals surface area contributed by atoms with Crippen LogP contribution in [-0.4, -0.2) is 52.0 Å². The molecule has 0 bridgehead atoms. The number of thioether (sulfide) groups is 1. The highest BCUT2D eigenvalue weighted by molar-refractivity contribution is 8.15. The van der Waals surface area contributed by atoms with E-state index in [1.807, 2.05) is 86.6 Å². The molecule has 210 valence electrons. The number of amides is 3. The van der Waals surface area contributed by atoms with Crippen molar-refractivity contribution in [3.05, 3.63) is 89.5 Å². The monoisotopic (exact) mass is 569 g/mol. The van der Waals surface area contributed by atoms with Gasteiger partial charge in [0.15, 0.2) is 5.17 Å². The molecule has 3 aromatic rings. The Morgan fingerprint density at radius 1 is 1.07 bits per heavy atom. The Hall–Kier alpha value is -4.44. The molecular weight excluding hydrogens is 538 g/mol. The van der Waals surface area contributed by atoms with E-state index in [4.69, 9.17) is 9.73 Å². The molecule has 3 amide bonds. The zero-order valence-electron chi connectivity index (χ0n) is 23.1. The minimum absolute atomic E-state index is 0.112. The summed E-state index contributed by atoms with van der Waals surface area (Å²) in [4.78, 5) is 50.6. The molecule has 0 radical (unpaired) electrons. The lowest BCUT2D eigenvalue weighted by atomic mass is 10.1. The highest BCUT2D eigenvalue weighted by Crippen LogP contribution is 2.36. The van der Waals surface area contributed by atoms with Crippen molar-refractivity contribution in [3.8, 4) is 5.75 Å². The zero-order valence-corrected chi connectivity index (χ0v) is 23.9. The molecular formula is C31H31N5O4S. The van der Waals surface area contributed by atoms with Crippen LogP contribution in [0.2, 0.25) is 0 Å². The smallest absolute Gasteiger partial charge is 0.259 e. The van der Waals surface area contributed by atoms with E-state index in [-0.39, 0.29) is 30.7 Å². The molecule has 41 heavy (non-hydrogen) atoms. The van der Waals surface area contributed by atoms with Crippen molar-refractivity contribution in [2.24, 2.45) is 9.98 Å². The lowest BCUT2D eigenvalue weighted by Crippen LogP contribution is -2.43. The van der Waals surface area contributed by atoms with Gasteiger partial charge >= 0.3 is 0 Å². The number of hydrogen-bond acceptors (Lipinski definition) is 7. The average molecular weight is 570 g/mol. The van der Waals surface area contributed by atoms with Crippen molar-refractivity contribution in [3.63, 3.8) is 0 Å². The van der Waals surface area contributed by atoms with Crippen LogP contribution >= 0.6 is 11.8 Å². The highest BCUT2D eigenvalue weighted by Gasteiger charge is 2.43. The Kier molecular flexibility index (Phi) is 8.49. The number of fused-ring (bicyclic) bond motifs is 3. The van der Waals surface area contributed by atoms with Crippen molar-refractivity contribution in [2.45, 2.75) is 44.5 Å². The van der Waals surface area contributed by atoms with E-state index in [2.05, 4.69) is 15.6 Å². The molecule has 10 heteroatoms. The molecule has 0 fully saturated rings. The molecule has 2 atom stereocenters. The van der Waals surface area contributed by atoms with Crippen LogP contribution < -0.4 is 15.4 Å². The van der Waals surface area contributed by atoms with Crippen LogP contribution in [0.1, 0.15) is 36.5 Å². The second-order valence-electron chi connectivity index (χ2n) is 9.72. The number of ether oxygens (including phenoxy) is 1. The van der Waals surface area contributed by atoms with Gasteiger partial charge in [0.25, 0.3) is 5.91 Å². The molecule has 0 aliphatic carbocycles. The predicted molar refractivity (Wildman–Crippen MR) is 162 cm³/mol. The molecule has 2 N–H and O–H groups in total. The van der Waals surface area contributed by atoms with Crippen molar-refractivity contribution < 1.29 is 19.1 Å². The van der Waals surface area contributed by atoms with Crippen LogP contribution in [0.15, 0.2) is 82.8 Å². The van der Waals surface area contributed by atoms with Crippen LogP contribution in [0.25, 0.3) is 0 Å². The molecule has 0 saturated heterocycles. The summed E-state index contributed by atoms with van der Waals surface area (Å²) >= 11 is 1.22. The summed E-state index contributed by atoms with van der Waals surface area (Å²) in [6.45, 7) is 4.15. The maximum absolute atomic E-state index is 13.7. The molecule has 2 unspecified atom stereocenters. The fourth-order valence-corrected chi connectivity index (χ4v) is 5.72. The fraction of sp³-hybridized carbons (Fsp3) is 0.258. The minimum Gasteiger partial charge on any atom is -0.496 e. The van der Waals surface area contributed by atoms with Crippen LogP contribution in [-0.2, 0) is 20.9 Å². The average Bonchev–Trinajstić information content (AvgIpc) is 3.30. The number of nitrogens with one attached hydrogen (secondary N) is 2. The number of carbonyl (C=O) groups is 3. The van der Waals surface area contributed by atoms with E-state index in [1.54, 1.807) is 7.11 Å². The van der Waals surface area contributed by atoms with Gasteiger partial charge in [0.1, 0.15) is 17.6 Å². The number of benzene rings is 3. The maximum atomic E-state index is 13.7. The summed E-state index contributed by atoms with van der Waals surface area (Å²) in [7, 11) is 1.58. The van der Waals surface area contributed by atoms with Crippen molar-refractivity contribution in [1.29, 1.82) is 0 Å². The number of hydrogen-bond donors (Lipinski definition) is 2. The van der Waals surface area contributed by atoms with Crippen LogP contribution in [0.4, 0.5) is 11.4 Å². The first kappa shape index (κ1) is 28.1. The van der Waals surface area contributed by atoms with E-state index in [0.29, 0.717) is 40.1 Å². The molecule has 3 aromatic carbocycles. The summed E-state index contributed by atoms with van der Waals surface area (Å²) < 4.78 is 5.36. The number of nitrogens with zero attached hydrogens (tertiary/aromatic N) is 3. The van der Waals surface area contributed by atoms with Gasteiger partial charge < -0.3 is 15.4 Å².